The lowest BCUT2D eigenvalue weighted by Crippen LogP contribution is -2.43. The van der Waals surface area contributed by atoms with Gasteiger partial charge in [-0.25, -0.2) is 13.1 Å². The molecule has 0 aromatic heterocycles. The molecule has 3 rings (SSSR count). The lowest BCUT2D eigenvalue weighted by atomic mass is 9.84. The summed E-state index contributed by atoms with van der Waals surface area (Å²) in [4.78, 5) is 10.9. The first-order valence-electron chi connectivity index (χ1n) is 8.93. The molecule has 25 heavy (non-hydrogen) atoms. The minimum Gasteiger partial charge on any atom is -0.481 e. The molecule has 0 heterocycles. The Morgan fingerprint density at radius 2 is 1.92 bits per heavy atom. The number of unbranched alkanes of at least 4 members (excludes halogenated alkanes) is 1. The zero-order chi connectivity index (χ0) is 17.9. The molecule has 2 N–H and O–H groups in total. The predicted octanol–water partition coefficient (Wildman–Crippen LogP) is 3.19. The molecule has 2 saturated carbocycles. The number of fused-ring (bicyclic) bond motifs is 2. The number of hydrogen-bond acceptors (Lipinski definition) is 3. The molecule has 4 unspecified atom stereocenters. The summed E-state index contributed by atoms with van der Waals surface area (Å²) >= 11 is 0. The van der Waals surface area contributed by atoms with E-state index in [1.807, 2.05) is 6.08 Å². The van der Waals surface area contributed by atoms with Gasteiger partial charge in [0.15, 0.2) is 0 Å². The van der Waals surface area contributed by atoms with Gasteiger partial charge in [-0.05, 0) is 62.0 Å². The van der Waals surface area contributed by atoms with Gasteiger partial charge in [0.2, 0.25) is 10.0 Å². The number of carboxylic acid groups (broad SMARTS) is 1. The Hall–Kier alpha value is -1.66. The van der Waals surface area contributed by atoms with Crippen LogP contribution in [0.3, 0.4) is 0 Å². The summed E-state index contributed by atoms with van der Waals surface area (Å²) in [5.74, 6) is 0.366. The Kier molecular flexibility index (Phi) is 5.59. The smallest absolute Gasteiger partial charge is 0.303 e. The fourth-order valence-electron chi connectivity index (χ4n) is 4.26. The third-order valence-corrected chi connectivity index (χ3v) is 6.92. The first-order valence-corrected chi connectivity index (χ1v) is 10.4. The first kappa shape index (κ1) is 18.1. The van der Waals surface area contributed by atoms with Crippen molar-refractivity contribution in [1.82, 2.24) is 4.72 Å². The second kappa shape index (κ2) is 7.70. The maximum absolute atomic E-state index is 12.7. The van der Waals surface area contributed by atoms with E-state index in [0.717, 1.165) is 25.7 Å². The van der Waals surface area contributed by atoms with Crippen LogP contribution in [0.1, 0.15) is 38.5 Å². The SMILES string of the molecule is O=C(O)CCCC=CC1C2CCC(C2)C1NS(=O)(=O)c1ccccc1. The molecule has 0 saturated heterocycles. The van der Waals surface area contributed by atoms with E-state index in [0.29, 0.717) is 23.2 Å². The number of rotatable bonds is 8. The van der Waals surface area contributed by atoms with Gasteiger partial charge < -0.3 is 5.11 Å². The minimum absolute atomic E-state index is 0.0559. The largest absolute Gasteiger partial charge is 0.481 e. The molecule has 2 aliphatic carbocycles. The quantitative estimate of drug-likeness (QED) is 0.549. The highest BCUT2D eigenvalue weighted by Gasteiger charge is 2.47. The summed E-state index contributed by atoms with van der Waals surface area (Å²) in [6, 6.07) is 8.45. The van der Waals surface area contributed by atoms with Gasteiger partial charge in [-0.3, -0.25) is 4.79 Å². The maximum Gasteiger partial charge on any atom is 0.303 e. The van der Waals surface area contributed by atoms with Crippen LogP contribution in [0.4, 0.5) is 0 Å². The van der Waals surface area contributed by atoms with Crippen LogP contribution < -0.4 is 4.72 Å². The molecule has 0 spiro atoms. The molecule has 0 radical (unpaired) electrons. The second-order valence-corrected chi connectivity index (χ2v) is 8.80. The number of aliphatic carboxylic acids is 1. The summed E-state index contributed by atoms with van der Waals surface area (Å²) in [5.41, 5.74) is 0. The second-order valence-electron chi connectivity index (χ2n) is 7.08. The number of sulfonamides is 1. The molecule has 2 bridgehead atoms. The fourth-order valence-corrected chi connectivity index (χ4v) is 5.62. The van der Waals surface area contributed by atoms with E-state index in [1.165, 1.54) is 0 Å². The van der Waals surface area contributed by atoms with E-state index < -0.39 is 16.0 Å². The third-order valence-electron chi connectivity index (χ3n) is 5.45. The van der Waals surface area contributed by atoms with Gasteiger partial charge in [-0.1, -0.05) is 30.4 Å². The van der Waals surface area contributed by atoms with Crippen molar-refractivity contribution in [3.05, 3.63) is 42.5 Å². The van der Waals surface area contributed by atoms with Crippen LogP contribution in [-0.4, -0.2) is 25.5 Å². The van der Waals surface area contributed by atoms with Crippen molar-refractivity contribution in [3.8, 4) is 0 Å². The van der Waals surface area contributed by atoms with Crippen LogP contribution in [-0.2, 0) is 14.8 Å². The van der Waals surface area contributed by atoms with Crippen LogP contribution in [0.2, 0.25) is 0 Å². The molecule has 0 amide bonds. The van der Waals surface area contributed by atoms with Crippen molar-refractivity contribution < 1.29 is 18.3 Å². The van der Waals surface area contributed by atoms with Crippen LogP contribution in [0.5, 0.6) is 0 Å². The monoisotopic (exact) mass is 363 g/mol. The molecule has 2 aliphatic rings. The minimum atomic E-state index is -3.51. The molecular weight excluding hydrogens is 338 g/mol. The standard InChI is InChI=1S/C19H25NO4S/c21-18(22)10-6-2-5-9-17-14-11-12-15(13-14)19(17)20-25(23,24)16-7-3-1-4-8-16/h1,3-5,7-9,14-15,17,19-20H,2,6,10-13H2,(H,21,22). The highest BCUT2D eigenvalue weighted by Crippen LogP contribution is 2.49. The highest BCUT2D eigenvalue weighted by atomic mass is 32.2. The Balaban J connectivity index is 1.66. The van der Waals surface area contributed by atoms with E-state index in [9.17, 15) is 13.2 Å². The Morgan fingerprint density at radius 3 is 2.64 bits per heavy atom. The van der Waals surface area contributed by atoms with Crippen molar-refractivity contribution in [1.29, 1.82) is 0 Å². The van der Waals surface area contributed by atoms with Gasteiger partial charge in [-0.2, -0.15) is 0 Å². The average molecular weight is 363 g/mol. The van der Waals surface area contributed by atoms with Gasteiger partial charge in [0.25, 0.3) is 0 Å². The first-order chi connectivity index (χ1) is 12.0. The van der Waals surface area contributed by atoms with Gasteiger partial charge >= 0.3 is 5.97 Å². The lowest BCUT2D eigenvalue weighted by Gasteiger charge is -2.29. The predicted molar refractivity (Wildman–Crippen MR) is 95.5 cm³/mol. The molecule has 136 valence electrons. The molecule has 0 aliphatic heterocycles. The fraction of sp³-hybridized carbons (Fsp3) is 0.526. The van der Waals surface area contributed by atoms with E-state index in [2.05, 4.69) is 10.8 Å². The zero-order valence-electron chi connectivity index (χ0n) is 14.2. The van der Waals surface area contributed by atoms with E-state index in [4.69, 9.17) is 5.11 Å². The summed E-state index contributed by atoms with van der Waals surface area (Å²) in [6.45, 7) is 0. The Labute approximate surface area is 149 Å². The average Bonchev–Trinajstić information content (AvgIpc) is 3.17. The number of hydrogen-bond donors (Lipinski definition) is 2. The molecule has 1 aromatic rings. The number of carboxylic acids is 1. The zero-order valence-corrected chi connectivity index (χ0v) is 15.0. The van der Waals surface area contributed by atoms with E-state index in [1.54, 1.807) is 30.3 Å². The van der Waals surface area contributed by atoms with Crippen molar-refractivity contribution in [2.45, 2.75) is 49.5 Å². The Morgan fingerprint density at radius 1 is 1.20 bits per heavy atom. The maximum atomic E-state index is 12.7. The summed E-state index contributed by atoms with van der Waals surface area (Å²) in [6.07, 6.45) is 8.96. The normalized spacial score (nSPS) is 28.6. The molecule has 6 heteroatoms. The molecule has 1 aromatic carbocycles. The molecule has 4 atom stereocenters. The summed E-state index contributed by atoms with van der Waals surface area (Å²) < 4.78 is 28.3. The van der Waals surface area contributed by atoms with Crippen molar-refractivity contribution in [2.75, 3.05) is 0 Å². The van der Waals surface area contributed by atoms with Gasteiger partial charge in [0.05, 0.1) is 4.90 Å². The molecule has 2 fully saturated rings. The van der Waals surface area contributed by atoms with Gasteiger partial charge in [0.1, 0.15) is 0 Å². The van der Waals surface area contributed by atoms with E-state index >= 15 is 0 Å². The third kappa shape index (κ3) is 4.30. The van der Waals surface area contributed by atoms with Crippen molar-refractivity contribution in [2.24, 2.45) is 17.8 Å². The molecule has 5 nitrogen and oxygen atoms in total. The number of allylic oxidation sites excluding steroid dienone is 1. The number of benzene rings is 1. The van der Waals surface area contributed by atoms with Crippen molar-refractivity contribution in [3.63, 3.8) is 0 Å². The molecular formula is C19H25NO4S. The van der Waals surface area contributed by atoms with E-state index in [-0.39, 0.29) is 18.4 Å². The van der Waals surface area contributed by atoms with Crippen LogP contribution in [0.15, 0.2) is 47.4 Å². The topological polar surface area (TPSA) is 83.5 Å². The number of nitrogens with one attached hydrogen (secondary N) is 1. The Bertz CT molecular complexity index is 729. The van der Waals surface area contributed by atoms with Crippen molar-refractivity contribution >= 4 is 16.0 Å². The van der Waals surface area contributed by atoms with Gasteiger partial charge in [0, 0.05) is 12.5 Å². The lowest BCUT2D eigenvalue weighted by molar-refractivity contribution is -0.137. The summed E-state index contributed by atoms with van der Waals surface area (Å²) in [7, 11) is -3.51. The van der Waals surface area contributed by atoms with Crippen LogP contribution >= 0.6 is 0 Å². The van der Waals surface area contributed by atoms with Gasteiger partial charge in [-0.15, -0.1) is 0 Å². The van der Waals surface area contributed by atoms with Crippen LogP contribution in [0.25, 0.3) is 0 Å². The number of carbonyl (C=O) groups is 1. The highest BCUT2D eigenvalue weighted by molar-refractivity contribution is 7.89. The van der Waals surface area contributed by atoms with Crippen LogP contribution in [0, 0.1) is 17.8 Å². The summed E-state index contributed by atoms with van der Waals surface area (Å²) in [5, 5.41) is 8.69.